The predicted octanol–water partition coefficient (Wildman–Crippen LogP) is 2.97. The molecule has 19 heavy (non-hydrogen) atoms. The van der Waals surface area contributed by atoms with E-state index in [4.69, 9.17) is 0 Å². The number of para-hydroxylation sites is 1. The molecule has 1 unspecified atom stereocenters. The van der Waals surface area contributed by atoms with Crippen LogP contribution in [0.4, 0.5) is 5.69 Å². The second kappa shape index (κ2) is 5.64. The zero-order chi connectivity index (χ0) is 13.9. The highest BCUT2D eigenvalue weighted by Crippen LogP contribution is 2.39. The lowest BCUT2D eigenvalue weighted by atomic mass is 9.87. The maximum Gasteiger partial charge on any atom is 0.224 e. The van der Waals surface area contributed by atoms with E-state index in [-0.39, 0.29) is 5.91 Å². The Balaban J connectivity index is 2.14. The quantitative estimate of drug-likeness (QED) is 0.874. The summed E-state index contributed by atoms with van der Waals surface area (Å²) in [7, 11) is 1.68. The number of carbonyl (C=O) groups excluding carboxylic acids is 1. The van der Waals surface area contributed by atoms with Gasteiger partial charge in [-0.25, -0.2) is 0 Å². The number of amides is 1. The molecule has 0 aliphatic heterocycles. The Morgan fingerprint density at radius 1 is 1.37 bits per heavy atom. The Labute approximate surface area is 115 Å². The van der Waals surface area contributed by atoms with Gasteiger partial charge in [0.2, 0.25) is 5.91 Å². The molecule has 2 N–H and O–H groups in total. The highest BCUT2D eigenvalue weighted by molar-refractivity contribution is 5.80. The molecule has 0 saturated heterocycles. The number of anilines is 1. The third kappa shape index (κ3) is 3.28. The van der Waals surface area contributed by atoms with E-state index in [9.17, 15) is 4.79 Å². The lowest BCUT2D eigenvalue weighted by molar-refractivity contribution is -0.119. The van der Waals surface area contributed by atoms with Gasteiger partial charge >= 0.3 is 0 Å². The van der Waals surface area contributed by atoms with Crippen molar-refractivity contribution in [3.05, 3.63) is 29.8 Å². The van der Waals surface area contributed by atoms with Gasteiger partial charge in [-0.2, -0.15) is 0 Å². The van der Waals surface area contributed by atoms with E-state index in [0.717, 1.165) is 11.3 Å². The molecular formula is C16H24N2O. The number of benzene rings is 1. The van der Waals surface area contributed by atoms with E-state index in [1.165, 1.54) is 19.3 Å². The fourth-order valence-electron chi connectivity index (χ4n) is 2.86. The first-order valence-corrected chi connectivity index (χ1v) is 7.08. The summed E-state index contributed by atoms with van der Waals surface area (Å²) in [6.07, 6.45) is 4.19. The molecule has 1 aliphatic rings. The number of nitrogens with one attached hydrogen (secondary N) is 2. The van der Waals surface area contributed by atoms with Gasteiger partial charge in [0.1, 0.15) is 0 Å². The summed E-state index contributed by atoms with van der Waals surface area (Å²) in [5, 5.41) is 6.33. The van der Waals surface area contributed by atoms with Crippen LogP contribution in [-0.4, -0.2) is 19.0 Å². The van der Waals surface area contributed by atoms with Gasteiger partial charge in [-0.05, 0) is 29.9 Å². The van der Waals surface area contributed by atoms with E-state index >= 15 is 0 Å². The SMILES string of the molecule is CNC(=O)Cc1ccccc1NC1CCCC1(C)C. The van der Waals surface area contributed by atoms with Crippen molar-refractivity contribution in [2.75, 3.05) is 12.4 Å². The summed E-state index contributed by atoms with van der Waals surface area (Å²) in [6.45, 7) is 4.64. The van der Waals surface area contributed by atoms with Crippen molar-refractivity contribution in [3.63, 3.8) is 0 Å². The van der Waals surface area contributed by atoms with Crippen LogP contribution in [0.2, 0.25) is 0 Å². The molecule has 1 aliphatic carbocycles. The van der Waals surface area contributed by atoms with Crippen LogP contribution in [0.1, 0.15) is 38.7 Å². The van der Waals surface area contributed by atoms with Crippen LogP contribution >= 0.6 is 0 Å². The molecule has 1 amide bonds. The molecule has 0 radical (unpaired) electrons. The highest BCUT2D eigenvalue weighted by Gasteiger charge is 2.34. The minimum absolute atomic E-state index is 0.0555. The molecule has 3 nitrogen and oxygen atoms in total. The number of likely N-dealkylation sites (N-methyl/N-ethyl adjacent to an activating group) is 1. The molecule has 1 saturated carbocycles. The molecule has 1 aromatic rings. The first-order chi connectivity index (χ1) is 9.03. The summed E-state index contributed by atoms with van der Waals surface area (Å²) in [5.74, 6) is 0.0555. The van der Waals surface area contributed by atoms with Gasteiger partial charge in [-0.3, -0.25) is 4.79 Å². The molecule has 3 heteroatoms. The number of hydrogen-bond acceptors (Lipinski definition) is 2. The molecule has 104 valence electrons. The first kappa shape index (κ1) is 13.9. The maximum atomic E-state index is 11.6. The van der Waals surface area contributed by atoms with Crippen LogP contribution in [-0.2, 0) is 11.2 Å². The van der Waals surface area contributed by atoms with Crippen LogP contribution in [0.5, 0.6) is 0 Å². The van der Waals surface area contributed by atoms with Crippen LogP contribution in [0.25, 0.3) is 0 Å². The van der Waals surface area contributed by atoms with Crippen molar-refractivity contribution >= 4 is 11.6 Å². The number of rotatable bonds is 4. The number of hydrogen-bond donors (Lipinski definition) is 2. The second-order valence-electron chi connectivity index (χ2n) is 6.08. The molecule has 1 fully saturated rings. The van der Waals surface area contributed by atoms with Gasteiger partial charge in [-0.1, -0.05) is 38.5 Å². The third-order valence-corrected chi connectivity index (χ3v) is 4.23. The Kier molecular flexibility index (Phi) is 4.13. The van der Waals surface area contributed by atoms with E-state index < -0.39 is 0 Å². The summed E-state index contributed by atoms with van der Waals surface area (Å²) in [6, 6.07) is 8.62. The molecule has 1 atom stereocenters. The van der Waals surface area contributed by atoms with Gasteiger partial charge in [0, 0.05) is 18.8 Å². The monoisotopic (exact) mass is 260 g/mol. The fraction of sp³-hybridized carbons (Fsp3) is 0.562. The minimum atomic E-state index is 0.0555. The smallest absolute Gasteiger partial charge is 0.224 e. The average molecular weight is 260 g/mol. The van der Waals surface area contributed by atoms with Crippen LogP contribution in [0.3, 0.4) is 0 Å². The van der Waals surface area contributed by atoms with E-state index in [2.05, 4.69) is 30.5 Å². The largest absolute Gasteiger partial charge is 0.382 e. The van der Waals surface area contributed by atoms with Gasteiger partial charge < -0.3 is 10.6 Å². The standard InChI is InChI=1S/C16H24N2O/c1-16(2)10-6-9-14(16)18-13-8-5-4-7-12(13)11-15(19)17-3/h4-5,7-8,14,18H,6,9-11H2,1-3H3,(H,17,19). The summed E-state index contributed by atoms with van der Waals surface area (Å²) in [4.78, 5) is 11.6. The molecule has 0 aromatic heterocycles. The van der Waals surface area contributed by atoms with Gasteiger partial charge in [-0.15, -0.1) is 0 Å². The summed E-state index contributed by atoms with van der Waals surface area (Å²) >= 11 is 0. The van der Waals surface area contributed by atoms with Gasteiger partial charge in [0.05, 0.1) is 6.42 Å². The van der Waals surface area contributed by atoms with Crippen LogP contribution < -0.4 is 10.6 Å². The second-order valence-corrected chi connectivity index (χ2v) is 6.08. The van der Waals surface area contributed by atoms with E-state index in [0.29, 0.717) is 17.9 Å². The summed E-state index contributed by atoms with van der Waals surface area (Å²) < 4.78 is 0. The van der Waals surface area contributed by atoms with Crippen LogP contribution in [0.15, 0.2) is 24.3 Å². The molecular weight excluding hydrogens is 236 g/mol. The zero-order valence-electron chi connectivity index (χ0n) is 12.1. The summed E-state index contributed by atoms with van der Waals surface area (Å²) in [5.41, 5.74) is 2.51. The fourth-order valence-corrected chi connectivity index (χ4v) is 2.86. The van der Waals surface area contributed by atoms with E-state index in [1.54, 1.807) is 7.05 Å². The van der Waals surface area contributed by atoms with Crippen molar-refractivity contribution in [2.24, 2.45) is 5.41 Å². The van der Waals surface area contributed by atoms with Crippen molar-refractivity contribution in [3.8, 4) is 0 Å². The van der Waals surface area contributed by atoms with Crippen LogP contribution in [0, 0.1) is 5.41 Å². The Morgan fingerprint density at radius 2 is 2.11 bits per heavy atom. The average Bonchev–Trinajstić information content (AvgIpc) is 2.71. The molecule has 0 heterocycles. The third-order valence-electron chi connectivity index (χ3n) is 4.23. The van der Waals surface area contributed by atoms with Gasteiger partial charge in [0.15, 0.2) is 0 Å². The number of carbonyl (C=O) groups is 1. The van der Waals surface area contributed by atoms with Gasteiger partial charge in [0.25, 0.3) is 0 Å². The molecule has 0 bridgehead atoms. The zero-order valence-corrected chi connectivity index (χ0v) is 12.1. The van der Waals surface area contributed by atoms with Crippen molar-refractivity contribution in [1.82, 2.24) is 5.32 Å². The van der Waals surface area contributed by atoms with Crippen molar-refractivity contribution in [2.45, 2.75) is 45.6 Å². The Bertz CT molecular complexity index is 454. The van der Waals surface area contributed by atoms with Crippen molar-refractivity contribution < 1.29 is 4.79 Å². The topological polar surface area (TPSA) is 41.1 Å². The lowest BCUT2D eigenvalue weighted by Gasteiger charge is -2.29. The Morgan fingerprint density at radius 3 is 2.74 bits per heavy atom. The Hall–Kier alpha value is -1.51. The first-order valence-electron chi connectivity index (χ1n) is 7.08. The predicted molar refractivity (Wildman–Crippen MR) is 79.3 cm³/mol. The maximum absolute atomic E-state index is 11.6. The lowest BCUT2D eigenvalue weighted by Crippen LogP contribution is -2.31. The molecule has 2 rings (SSSR count). The normalized spacial score (nSPS) is 21.1. The van der Waals surface area contributed by atoms with Crippen molar-refractivity contribution in [1.29, 1.82) is 0 Å². The van der Waals surface area contributed by atoms with E-state index in [1.807, 2.05) is 18.2 Å². The minimum Gasteiger partial charge on any atom is -0.382 e. The molecule has 1 aromatic carbocycles. The highest BCUT2D eigenvalue weighted by atomic mass is 16.1. The molecule has 0 spiro atoms.